The molecule has 2 amide bonds. The number of nitrogens with zero attached hydrogens (tertiary/aromatic N) is 7. The van der Waals surface area contributed by atoms with Gasteiger partial charge in [-0.05, 0) is 62.4 Å². The van der Waals surface area contributed by atoms with Gasteiger partial charge in [0.2, 0.25) is 5.95 Å². The quantitative estimate of drug-likeness (QED) is 0.0569. The largest absolute Gasteiger partial charge is 0.379 e. The van der Waals surface area contributed by atoms with Gasteiger partial charge in [-0.3, -0.25) is 47.9 Å². The van der Waals surface area contributed by atoms with Crippen LogP contribution in [0.2, 0.25) is 0 Å². The van der Waals surface area contributed by atoms with E-state index in [2.05, 4.69) is 25.1 Å². The maximum Gasteiger partial charge on any atom is 0.263 e. The molecule has 4 aliphatic rings. The summed E-state index contributed by atoms with van der Waals surface area (Å²) in [4.78, 5) is 109. The average Bonchev–Trinajstić information content (AvgIpc) is 3.92. The number of benzene rings is 1. The minimum atomic E-state index is -0.959. The molecule has 2 aliphatic heterocycles. The number of ketones is 4. The number of aromatic nitrogens is 4. The Balaban J connectivity index is 0.688. The third-order valence-corrected chi connectivity index (χ3v) is 13.0. The summed E-state index contributed by atoms with van der Waals surface area (Å²) in [7, 11) is 0. The third-order valence-electron chi connectivity index (χ3n) is 13.0. The monoisotopic (exact) mass is 904 g/mol. The van der Waals surface area contributed by atoms with E-state index in [0.717, 1.165) is 69.0 Å². The second kappa shape index (κ2) is 21.0. The highest BCUT2D eigenvalue weighted by Gasteiger charge is 2.45. The zero-order chi connectivity index (χ0) is 46.3. The highest BCUT2D eigenvalue weighted by molar-refractivity contribution is 6.24. The molecule has 2 saturated carbocycles. The standard InChI is InChI=1S/C48H56N8O10/c1-30-38-29-50-48(52-44(38)55(33-7-3-4-8-33)46(62)42(30)31(2)57)51-41-13-10-34(28-49-41)54-17-15-53(16-18-54)19-21-65-23-25-66-24-22-64-20-14-36(59)26-32-6-5-9-37-43(32)47(63)56(45(37)61)39-12-11-35(58)27-40(39)60/h5-6,9-10,13,28-29,33,39H,3-4,7-8,11-12,14-27H2,1-2H3,(H,49,50,51,52). The van der Waals surface area contributed by atoms with Crippen LogP contribution in [0.4, 0.5) is 17.5 Å². The van der Waals surface area contributed by atoms with Gasteiger partial charge in [-0.15, -0.1) is 0 Å². The van der Waals surface area contributed by atoms with Crippen LogP contribution in [0, 0.1) is 6.92 Å². The fourth-order valence-electron chi connectivity index (χ4n) is 9.46. The van der Waals surface area contributed by atoms with Crippen molar-refractivity contribution >= 4 is 63.4 Å². The Bertz CT molecular complexity index is 2560. The molecule has 18 nitrogen and oxygen atoms in total. The first-order valence-corrected chi connectivity index (χ1v) is 22.9. The van der Waals surface area contributed by atoms with Gasteiger partial charge < -0.3 is 24.4 Å². The number of fused-ring (bicyclic) bond motifs is 2. The Kier molecular flexibility index (Phi) is 14.8. The first kappa shape index (κ1) is 46.4. The smallest absolute Gasteiger partial charge is 0.263 e. The topological polar surface area (TPSA) is 213 Å². The van der Waals surface area contributed by atoms with Crippen LogP contribution in [0.25, 0.3) is 11.0 Å². The number of Topliss-reactive ketones (excluding diaryl/α,β-unsaturated/α-hetero) is 4. The van der Waals surface area contributed by atoms with Gasteiger partial charge in [-0.1, -0.05) is 25.0 Å². The normalized spacial score (nSPS) is 18.2. The highest BCUT2D eigenvalue weighted by Crippen LogP contribution is 2.33. The van der Waals surface area contributed by atoms with Crippen LogP contribution < -0.4 is 15.8 Å². The number of nitrogens with one attached hydrogen (secondary N) is 1. The number of carbonyl (C=O) groups is 6. The first-order chi connectivity index (χ1) is 32.0. The average molecular weight is 905 g/mol. The van der Waals surface area contributed by atoms with Gasteiger partial charge >= 0.3 is 0 Å². The number of carbonyl (C=O) groups excluding carboxylic acids is 6. The number of piperazine rings is 1. The van der Waals surface area contributed by atoms with E-state index in [1.165, 1.54) is 13.0 Å². The molecular weight excluding hydrogens is 849 g/mol. The fraction of sp³-hybridized carbons (Fsp3) is 0.500. The minimum Gasteiger partial charge on any atom is -0.379 e. The van der Waals surface area contributed by atoms with Crippen LogP contribution in [-0.2, 0) is 35.0 Å². The number of pyridine rings is 2. The molecule has 0 spiro atoms. The summed E-state index contributed by atoms with van der Waals surface area (Å²) < 4.78 is 18.7. The molecule has 1 unspecified atom stereocenters. The molecule has 3 aromatic heterocycles. The van der Waals surface area contributed by atoms with E-state index >= 15 is 0 Å². The number of imide groups is 1. The zero-order valence-electron chi connectivity index (χ0n) is 37.6. The van der Waals surface area contributed by atoms with Gasteiger partial charge in [-0.2, -0.15) is 4.98 Å². The molecule has 1 saturated heterocycles. The summed E-state index contributed by atoms with van der Waals surface area (Å²) in [6.07, 6.45) is 7.38. The highest BCUT2D eigenvalue weighted by atomic mass is 16.5. The lowest BCUT2D eigenvalue weighted by molar-refractivity contribution is -0.132. The van der Waals surface area contributed by atoms with E-state index in [1.807, 2.05) is 18.3 Å². The van der Waals surface area contributed by atoms with Gasteiger partial charge in [0.25, 0.3) is 17.4 Å². The zero-order valence-corrected chi connectivity index (χ0v) is 37.6. The molecule has 5 heterocycles. The van der Waals surface area contributed by atoms with Crippen molar-refractivity contribution in [3.05, 3.63) is 80.9 Å². The second-order valence-corrected chi connectivity index (χ2v) is 17.3. The Morgan fingerprint density at radius 3 is 2.24 bits per heavy atom. The Morgan fingerprint density at radius 1 is 0.818 bits per heavy atom. The summed E-state index contributed by atoms with van der Waals surface area (Å²) in [5.74, 6) is -1.28. The molecule has 2 aliphatic carbocycles. The van der Waals surface area contributed by atoms with Crippen LogP contribution in [0.15, 0.2) is 47.5 Å². The van der Waals surface area contributed by atoms with Crippen molar-refractivity contribution in [1.29, 1.82) is 0 Å². The number of amides is 2. The predicted molar refractivity (Wildman–Crippen MR) is 243 cm³/mol. The lowest BCUT2D eigenvalue weighted by Gasteiger charge is -2.35. The number of hydrogen-bond donors (Lipinski definition) is 1. The van der Waals surface area contributed by atoms with E-state index in [-0.39, 0.29) is 84.4 Å². The van der Waals surface area contributed by atoms with E-state index in [0.29, 0.717) is 67.0 Å². The Labute approximate surface area is 382 Å². The minimum absolute atomic E-state index is 0.000449. The lowest BCUT2D eigenvalue weighted by Crippen LogP contribution is -2.47. The maximum atomic E-state index is 13.6. The summed E-state index contributed by atoms with van der Waals surface area (Å²) in [5.41, 5.74) is 2.83. The molecule has 1 aromatic carbocycles. The molecule has 1 atom stereocenters. The van der Waals surface area contributed by atoms with Gasteiger partial charge in [0, 0.05) is 69.6 Å². The molecule has 66 heavy (non-hydrogen) atoms. The van der Waals surface area contributed by atoms with Crippen LogP contribution in [0.3, 0.4) is 0 Å². The molecule has 0 radical (unpaired) electrons. The second-order valence-electron chi connectivity index (χ2n) is 17.3. The summed E-state index contributed by atoms with van der Waals surface area (Å²) in [5, 5.41) is 3.89. The summed E-state index contributed by atoms with van der Waals surface area (Å²) in [6, 6.07) is 7.74. The van der Waals surface area contributed by atoms with Crippen LogP contribution in [-0.4, -0.2) is 143 Å². The number of anilines is 3. The number of hydrogen-bond acceptors (Lipinski definition) is 16. The predicted octanol–water partition coefficient (Wildman–Crippen LogP) is 4.22. The summed E-state index contributed by atoms with van der Waals surface area (Å²) in [6.45, 7) is 9.75. The van der Waals surface area contributed by atoms with E-state index in [9.17, 15) is 33.6 Å². The van der Waals surface area contributed by atoms with Gasteiger partial charge in [0.05, 0.1) is 80.7 Å². The molecule has 8 rings (SSSR count). The van der Waals surface area contributed by atoms with E-state index in [1.54, 1.807) is 29.8 Å². The fourth-order valence-corrected chi connectivity index (χ4v) is 9.46. The van der Waals surface area contributed by atoms with Crippen LogP contribution in [0.5, 0.6) is 0 Å². The van der Waals surface area contributed by atoms with Gasteiger partial charge in [-0.25, -0.2) is 9.97 Å². The molecule has 1 N–H and O–H groups in total. The summed E-state index contributed by atoms with van der Waals surface area (Å²) >= 11 is 0. The SMILES string of the molecule is CC(=O)c1c(C)c2cnc(Nc3ccc(N4CCN(CCOCCOCCOCCC(=O)Cc5cccc6c5C(=O)N(C5CCC(=O)CC5=O)C6=O)CC4)cn3)nc2n(C2CCCC2)c1=O. The molecular formula is C48H56N8O10. The van der Waals surface area contributed by atoms with Crippen molar-refractivity contribution in [3.8, 4) is 0 Å². The number of ether oxygens (including phenoxy) is 3. The number of rotatable bonds is 20. The first-order valence-electron chi connectivity index (χ1n) is 22.9. The van der Waals surface area contributed by atoms with Crippen molar-refractivity contribution in [2.75, 3.05) is 82.6 Å². The van der Waals surface area contributed by atoms with E-state index < -0.39 is 23.6 Å². The van der Waals surface area contributed by atoms with E-state index in [4.69, 9.17) is 19.2 Å². The Hall–Kier alpha value is -6.08. The van der Waals surface area contributed by atoms with Crippen molar-refractivity contribution in [3.63, 3.8) is 0 Å². The van der Waals surface area contributed by atoms with Crippen LogP contribution in [0.1, 0.15) is 107 Å². The molecule has 0 bridgehead atoms. The van der Waals surface area contributed by atoms with Gasteiger partial charge in [0.15, 0.2) is 11.6 Å². The van der Waals surface area contributed by atoms with Crippen molar-refractivity contribution in [2.45, 2.75) is 83.7 Å². The van der Waals surface area contributed by atoms with Crippen LogP contribution >= 0.6 is 0 Å². The Morgan fingerprint density at radius 2 is 1.55 bits per heavy atom. The van der Waals surface area contributed by atoms with Crippen molar-refractivity contribution < 1.29 is 43.0 Å². The third kappa shape index (κ3) is 10.3. The molecule has 18 heteroatoms. The number of aryl methyl sites for hydroxylation is 1. The van der Waals surface area contributed by atoms with Crippen molar-refractivity contribution in [1.82, 2.24) is 29.3 Å². The lowest BCUT2D eigenvalue weighted by atomic mass is 9.92. The van der Waals surface area contributed by atoms with Gasteiger partial charge in [0.1, 0.15) is 23.0 Å². The van der Waals surface area contributed by atoms with Crippen molar-refractivity contribution in [2.24, 2.45) is 0 Å². The molecule has 348 valence electrons. The molecule has 3 fully saturated rings. The molecule has 4 aromatic rings. The maximum absolute atomic E-state index is 13.6.